The molecule has 0 saturated heterocycles. The zero-order chi connectivity index (χ0) is 15.6. The quantitative estimate of drug-likeness (QED) is 0.835. The highest BCUT2D eigenvalue weighted by Gasteiger charge is 2.16. The highest BCUT2D eigenvalue weighted by Crippen LogP contribution is 2.23. The number of carbonyl (C=O) groups is 1. The van der Waals surface area contributed by atoms with Gasteiger partial charge in [-0.15, -0.1) is 0 Å². The molecular weight excluding hydrogens is 300 g/mol. The number of rotatable bonds is 2. The van der Waals surface area contributed by atoms with Crippen molar-refractivity contribution < 1.29 is 13.6 Å². The summed E-state index contributed by atoms with van der Waals surface area (Å²) in [5, 5.41) is 11.6. The maximum absolute atomic E-state index is 13.6. The lowest BCUT2D eigenvalue weighted by Crippen LogP contribution is -2.15. The molecule has 2 rings (SSSR count). The van der Waals surface area contributed by atoms with Gasteiger partial charge in [0, 0.05) is 11.1 Å². The van der Waals surface area contributed by atoms with E-state index in [-0.39, 0.29) is 16.9 Å². The van der Waals surface area contributed by atoms with Gasteiger partial charge < -0.3 is 11.1 Å². The average Bonchev–Trinajstić information content (AvgIpc) is 2.43. The number of halogens is 3. The summed E-state index contributed by atoms with van der Waals surface area (Å²) in [6.07, 6.45) is 0. The number of benzene rings is 2. The number of nitrogens with zero attached hydrogens (tertiary/aromatic N) is 1. The van der Waals surface area contributed by atoms with Crippen molar-refractivity contribution in [2.75, 3.05) is 11.1 Å². The van der Waals surface area contributed by atoms with E-state index in [0.717, 1.165) is 6.07 Å². The standard InChI is InChI=1S/C14H8ClF2N3O/c15-8-2-1-7(6-18)13(3-8)20-14(21)9-4-12(19)11(17)5-10(9)16/h1-5H,19H2,(H,20,21). The van der Waals surface area contributed by atoms with Crippen LogP contribution in [0.4, 0.5) is 20.2 Å². The molecule has 0 radical (unpaired) electrons. The first-order chi connectivity index (χ1) is 9.92. The maximum atomic E-state index is 13.6. The van der Waals surface area contributed by atoms with Crippen LogP contribution >= 0.6 is 11.6 Å². The Morgan fingerprint density at radius 1 is 1.24 bits per heavy atom. The second-order valence-corrected chi connectivity index (χ2v) is 4.55. The van der Waals surface area contributed by atoms with Gasteiger partial charge in [0.15, 0.2) is 0 Å². The SMILES string of the molecule is N#Cc1ccc(Cl)cc1NC(=O)c1cc(N)c(F)cc1F. The van der Waals surface area contributed by atoms with Crippen LogP contribution in [0.3, 0.4) is 0 Å². The zero-order valence-corrected chi connectivity index (χ0v) is 11.2. The second kappa shape index (κ2) is 5.77. The molecule has 0 spiro atoms. The normalized spacial score (nSPS) is 10.0. The average molecular weight is 308 g/mol. The summed E-state index contributed by atoms with van der Waals surface area (Å²) in [5.74, 6) is -2.87. The molecule has 0 aliphatic carbocycles. The van der Waals surface area contributed by atoms with Crippen LogP contribution < -0.4 is 11.1 Å². The topological polar surface area (TPSA) is 78.9 Å². The van der Waals surface area contributed by atoms with E-state index in [2.05, 4.69) is 5.32 Å². The molecule has 2 aromatic rings. The number of amides is 1. The zero-order valence-electron chi connectivity index (χ0n) is 10.5. The first-order valence-corrected chi connectivity index (χ1v) is 6.05. The molecule has 4 nitrogen and oxygen atoms in total. The maximum Gasteiger partial charge on any atom is 0.258 e. The van der Waals surface area contributed by atoms with Gasteiger partial charge in [-0.2, -0.15) is 5.26 Å². The molecule has 0 bridgehead atoms. The van der Waals surface area contributed by atoms with E-state index in [4.69, 9.17) is 22.6 Å². The van der Waals surface area contributed by atoms with Crippen LogP contribution in [0.25, 0.3) is 0 Å². The van der Waals surface area contributed by atoms with Crippen molar-refractivity contribution in [2.24, 2.45) is 0 Å². The van der Waals surface area contributed by atoms with Crippen LogP contribution in [0.5, 0.6) is 0 Å². The minimum absolute atomic E-state index is 0.122. The predicted molar refractivity (Wildman–Crippen MR) is 74.9 cm³/mol. The molecule has 0 unspecified atom stereocenters. The van der Waals surface area contributed by atoms with E-state index in [9.17, 15) is 13.6 Å². The van der Waals surface area contributed by atoms with Crippen LogP contribution in [0, 0.1) is 23.0 Å². The van der Waals surface area contributed by atoms with Gasteiger partial charge in [-0.05, 0) is 24.3 Å². The Hall–Kier alpha value is -2.65. The smallest absolute Gasteiger partial charge is 0.258 e. The number of carbonyl (C=O) groups excluding carboxylic acids is 1. The van der Waals surface area contributed by atoms with Gasteiger partial charge in [-0.25, -0.2) is 8.78 Å². The summed E-state index contributed by atoms with van der Waals surface area (Å²) in [6.45, 7) is 0. The highest BCUT2D eigenvalue weighted by atomic mass is 35.5. The number of nitrogens with two attached hydrogens (primary N) is 1. The molecule has 0 heterocycles. The third kappa shape index (κ3) is 3.09. The van der Waals surface area contributed by atoms with E-state index in [1.807, 2.05) is 6.07 Å². The lowest BCUT2D eigenvalue weighted by Gasteiger charge is -2.09. The molecule has 1 amide bonds. The minimum Gasteiger partial charge on any atom is -0.396 e. The van der Waals surface area contributed by atoms with Gasteiger partial charge in [0.25, 0.3) is 5.91 Å². The van der Waals surface area contributed by atoms with Gasteiger partial charge in [-0.1, -0.05) is 11.6 Å². The number of nitrogens with one attached hydrogen (secondary N) is 1. The molecule has 0 aliphatic rings. The summed E-state index contributed by atoms with van der Waals surface area (Å²) in [6, 6.07) is 7.51. The van der Waals surface area contributed by atoms with Gasteiger partial charge in [0.1, 0.15) is 17.7 Å². The Kier molecular flexibility index (Phi) is 4.05. The second-order valence-electron chi connectivity index (χ2n) is 4.11. The molecule has 0 aromatic heterocycles. The van der Waals surface area contributed by atoms with Crippen molar-refractivity contribution in [3.8, 4) is 6.07 Å². The lowest BCUT2D eigenvalue weighted by molar-refractivity contribution is 0.102. The largest absolute Gasteiger partial charge is 0.396 e. The molecule has 106 valence electrons. The molecule has 0 fully saturated rings. The van der Waals surface area contributed by atoms with Crippen molar-refractivity contribution in [3.05, 3.63) is 58.1 Å². The van der Waals surface area contributed by atoms with Crippen molar-refractivity contribution in [1.29, 1.82) is 5.26 Å². The van der Waals surface area contributed by atoms with Crippen molar-refractivity contribution in [2.45, 2.75) is 0 Å². The first-order valence-electron chi connectivity index (χ1n) is 5.68. The van der Waals surface area contributed by atoms with Crippen LogP contribution in [-0.2, 0) is 0 Å². The van der Waals surface area contributed by atoms with Crippen LogP contribution in [0.15, 0.2) is 30.3 Å². The molecule has 0 saturated carbocycles. The number of nitrogen functional groups attached to an aromatic ring is 1. The van der Waals surface area contributed by atoms with Crippen molar-refractivity contribution >= 4 is 28.9 Å². The van der Waals surface area contributed by atoms with E-state index in [1.165, 1.54) is 18.2 Å². The van der Waals surface area contributed by atoms with Gasteiger partial charge >= 0.3 is 0 Å². The molecule has 0 aliphatic heterocycles. The van der Waals surface area contributed by atoms with Crippen molar-refractivity contribution in [3.63, 3.8) is 0 Å². The molecule has 2 aromatic carbocycles. The van der Waals surface area contributed by atoms with E-state index in [0.29, 0.717) is 11.1 Å². The molecule has 0 atom stereocenters. The number of anilines is 2. The Balaban J connectivity index is 2.37. The van der Waals surface area contributed by atoms with Gasteiger partial charge in [0.2, 0.25) is 0 Å². The molecular formula is C14H8ClF2N3O. The van der Waals surface area contributed by atoms with Crippen LogP contribution in [-0.4, -0.2) is 5.91 Å². The summed E-state index contributed by atoms with van der Waals surface area (Å²) >= 11 is 5.78. The Morgan fingerprint density at radius 3 is 2.62 bits per heavy atom. The summed E-state index contributed by atoms with van der Waals surface area (Å²) in [7, 11) is 0. The fourth-order valence-corrected chi connectivity index (χ4v) is 1.82. The fourth-order valence-electron chi connectivity index (χ4n) is 1.65. The van der Waals surface area contributed by atoms with Gasteiger partial charge in [0.05, 0.1) is 22.5 Å². The first kappa shape index (κ1) is 14.8. The molecule has 21 heavy (non-hydrogen) atoms. The third-order valence-corrected chi connectivity index (χ3v) is 2.92. The Bertz CT molecular complexity index is 772. The fraction of sp³-hybridized carbons (Fsp3) is 0. The number of hydrogen-bond acceptors (Lipinski definition) is 3. The van der Waals surface area contributed by atoms with E-state index >= 15 is 0 Å². The lowest BCUT2D eigenvalue weighted by atomic mass is 10.1. The Labute approximate surface area is 123 Å². The van der Waals surface area contributed by atoms with Gasteiger partial charge in [-0.3, -0.25) is 4.79 Å². The Morgan fingerprint density at radius 2 is 1.95 bits per heavy atom. The van der Waals surface area contributed by atoms with Crippen LogP contribution in [0.1, 0.15) is 15.9 Å². The highest BCUT2D eigenvalue weighted by molar-refractivity contribution is 6.31. The number of nitriles is 1. The van der Waals surface area contributed by atoms with E-state index in [1.54, 1.807) is 0 Å². The summed E-state index contributed by atoms with van der Waals surface area (Å²) in [5.41, 5.74) is 4.80. The summed E-state index contributed by atoms with van der Waals surface area (Å²) < 4.78 is 26.7. The third-order valence-electron chi connectivity index (χ3n) is 2.68. The summed E-state index contributed by atoms with van der Waals surface area (Å²) in [4.78, 5) is 12.0. The molecule has 3 N–H and O–H groups in total. The predicted octanol–water partition coefficient (Wildman–Crippen LogP) is 3.32. The van der Waals surface area contributed by atoms with Crippen LogP contribution in [0.2, 0.25) is 5.02 Å². The van der Waals surface area contributed by atoms with Crippen molar-refractivity contribution in [1.82, 2.24) is 0 Å². The molecule has 7 heteroatoms. The number of hydrogen-bond donors (Lipinski definition) is 2. The monoisotopic (exact) mass is 307 g/mol. The van der Waals surface area contributed by atoms with E-state index < -0.39 is 23.1 Å². The minimum atomic E-state index is -1.06.